The first-order valence-electron chi connectivity index (χ1n) is 7.28. The van der Waals surface area contributed by atoms with Crippen molar-refractivity contribution in [3.05, 3.63) is 65.6 Å². The first-order valence-corrected chi connectivity index (χ1v) is 7.28. The molecule has 24 heavy (non-hydrogen) atoms. The summed E-state index contributed by atoms with van der Waals surface area (Å²) >= 11 is 0. The van der Waals surface area contributed by atoms with Crippen molar-refractivity contribution in [1.29, 1.82) is 0 Å². The average Bonchev–Trinajstić information content (AvgIpc) is 2.95. The number of hydrogen-bond donors (Lipinski definition) is 1. The zero-order valence-corrected chi connectivity index (χ0v) is 13.0. The Bertz CT molecular complexity index is 879. The van der Waals surface area contributed by atoms with Gasteiger partial charge in [0.05, 0.1) is 11.3 Å². The molecule has 0 bridgehead atoms. The molecule has 0 aliphatic heterocycles. The summed E-state index contributed by atoms with van der Waals surface area (Å²) in [6.07, 6.45) is 3.59. The number of pyridine rings is 1. The van der Waals surface area contributed by atoms with Gasteiger partial charge in [0.2, 0.25) is 0 Å². The van der Waals surface area contributed by atoms with Gasteiger partial charge >= 0.3 is 5.97 Å². The van der Waals surface area contributed by atoms with Crippen molar-refractivity contribution < 1.29 is 18.9 Å². The molecule has 0 aliphatic carbocycles. The molecule has 1 N–H and O–H groups in total. The van der Waals surface area contributed by atoms with Crippen LogP contribution in [0, 0.1) is 0 Å². The fraction of sp³-hybridized carbons (Fsp3) is 0.211. The summed E-state index contributed by atoms with van der Waals surface area (Å²) in [5.41, 5.74) is 2.87. The minimum Gasteiger partial charge on any atom is -0.456 e. The van der Waals surface area contributed by atoms with Crippen LogP contribution in [0.2, 0.25) is 0 Å². The Labute approximate surface area is 140 Å². The van der Waals surface area contributed by atoms with Crippen LogP contribution in [-0.2, 0) is 18.4 Å². The molecule has 3 rings (SSSR count). The fourth-order valence-electron chi connectivity index (χ4n) is 2.35. The molecule has 0 unspecified atom stereocenters. The number of carbonyl (C=O) groups is 2. The molecule has 0 fully saturated rings. The standard InChI is InChI=1S/C18H16N2O3.CH4/c1-12(21)14-3-4-17-15(9-14)10-16(19-17)11-23-18(22)13-5-7-20(2)8-6-13;/h3-10H,11H2,1-2H3;1H4/p+1. The fourth-order valence-corrected chi connectivity index (χ4v) is 2.35. The molecule has 0 saturated heterocycles. The number of aromatic amines is 1. The minimum atomic E-state index is -0.367. The third-order valence-corrected chi connectivity index (χ3v) is 3.66. The Morgan fingerprint density at radius 1 is 1.08 bits per heavy atom. The SMILES string of the molecule is C.CC(=O)c1ccc2[nH]c(COC(=O)c3cc[n+](C)cc3)cc2c1. The van der Waals surface area contributed by atoms with E-state index in [4.69, 9.17) is 4.74 Å². The maximum absolute atomic E-state index is 12.0. The lowest BCUT2D eigenvalue weighted by Crippen LogP contribution is -2.26. The first kappa shape index (κ1) is 17.4. The minimum absolute atomic E-state index is 0. The first-order chi connectivity index (χ1) is 11.0. The number of aromatic nitrogens is 2. The van der Waals surface area contributed by atoms with E-state index in [0.29, 0.717) is 11.1 Å². The smallest absolute Gasteiger partial charge is 0.338 e. The molecular weight excluding hydrogens is 304 g/mol. The molecule has 0 amide bonds. The van der Waals surface area contributed by atoms with Crippen molar-refractivity contribution in [2.75, 3.05) is 0 Å². The molecule has 5 nitrogen and oxygen atoms in total. The van der Waals surface area contributed by atoms with Gasteiger partial charge < -0.3 is 9.72 Å². The summed E-state index contributed by atoms with van der Waals surface area (Å²) in [4.78, 5) is 26.6. The molecule has 5 heteroatoms. The second-order valence-corrected chi connectivity index (χ2v) is 5.48. The molecule has 1 aromatic carbocycles. The van der Waals surface area contributed by atoms with Crippen molar-refractivity contribution >= 4 is 22.7 Å². The summed E-state index contributed by atoms with van der Waals surface area (Å²) in [5.74, 6) is -0.341. The molecule has 3 aromatic rings. The van der Waals surface area contributed by atoms with Crippen LogP contribution in [0.15, 0.2) is 48.8 Å². The van der Waals surface area contributed by atoms with Crippen LogP contribution in [0.1, 0.15) is 40.8 Å². The topological polar surface area (TPSA) is 63.0 Å². The Kier molecular flexibility index (Phi) is 5.14. The van der Waals surface area contributed by atoms with Gasteiger partial charge in [0, 0.05) is 28.6 Å². The van der Waals surface area contributed by atoms with Gasteiger partial charge in [0.1, 0.15) is 13.7 Å². The van der Waals surface area contributed by atoms with Crippen LogP contribution in [0.5, 0.6) is 0 Å². The van der Waals surface area contributed by atoms with E-state index in [1.807, 2.05) is 29.8 Å². The van der Waals surface area contributed by atoms with Gasteiger partial charge in [0.25, 0.3) is 0 Å². The molecule has 2 heterocycles. The second-order valence-electron chi connectivity index (χ2n) is 5.48. The van der Waals surface area contributed by atoms with E-state index in [2.05, 4.69) is 4.98 Å². The highest BCUT2D eigenvalue weighted by Crippen LogP contribution is 2.18. The number of rotatable bonds is 4. The van der Waals surface area contributed by atoms with Crippen LogP contribution in [-0.4, -0.2) is 16.7 Å². The van der Waals surface area contributed by atoms with Crippen LogP contribution in [0.25, 0.3) is 10.9 Å². The number of hydrogen-bond acceptors (Lipinski definition) is 3. The Morgan fingerprint density at radius 2 is 1.79 bits per heavy atom. The monoisotopic (exact) mass is 325 g/mol. The van der Waals surface area contributed by atoms with Crippen LogP contribution < -0.4 is 4.57 Å². The van der Waals surface area contributed by atoms with Crippen molar-refractivity contribution in [1.82, 2.24) is 4.98 Å². The zero-order chi connectivity index (χ0) is 16.4. The van der Waals surface area contributed by atoms with E-state index in [1.165, 1.54) is 6.92 Å². The highest BCUT2D eigenvalue weighted by Gasteiger charge is 2.10. The predicted molar refractivity (Wildman–Crippen MR) is 91.8 cm³/mol. The second kappa shape index (κ2) is 7.08. The lowest BCUT2D eigenvalue weighted by molar-refractivity contribution is -0.671. The summed E-state index contributed by atoms with van der Waals surface area (Å²) in [5, 5.41) is 0.926. The average molecular weight is 325 g/mol. The third-order valence-electron chi connectivity index (χ3n) is 3.66. The highest BCUT2D eigenvalue weighted by atomic mass is 16.5. The number of Topliss-reactive ketones (excluding diaryl/α,β-unsaturated/α-hetero) is 1. The molecule has 0 radical (unpaired) electrons. The molecule has 0 spiro atoms. The van der Waals surface area contributed by atoms with E-state index < -0.39 is 0 Å². The van der Waals surface area contributed by atoms with Gasteiger partial charge in [-0.15, -0.1) is 0 Å². The molecule has 0 atom stereocenters. The molecule has 0 aliphatic rings. The lowest BCUT2D eigenvalue weighted by atomic mass is 10.1. The van der Waals surface area contributed by atoms with E-state index in [9.17, 15) is 9.59 Å². The Balaban J connectivity index is 0.00000208. The maximum atomic E-state index is 12.0. The number of H-pyrrole nitrogens is 1. The summed E-state index contributed by atoms with van der Waals surface area (Å²) in [6, 6.07) is 10.8. The molecular formula is C19H21N2O3+. The molecule has 124 valence electrons. The number of esters is 1. The maximum Gasteiger partial charge on any atom is 0.338 e. The van der Waals surface area contributed by atoms with E-state index >= 15 is 0 Å². The van der Waals surface area contributed by atoms with E-state index in [1.54, 1.807) is 30.6 Å². The van der Waals surface area contributed by atoms with Crippen LogP contribution >= 0.6 is 0 Å². The number of carbonyl (C=O) groups excluding carboxylic acids is 2. The van der Waals surface area contributed by atoms with Gasteiger partial charge in [-0.3, -0.25) is 4.79 Å². The number of benzene rings is 1. The number of ketones is 1. The Morgan fingerprint density at radius 3 is 2.46 bits per heavy atom. The lowest BCUT2D eigenvalue weighted by Gasteiger charge is -2.02. The quantitative estimate of drug-likeness (QED) is 0.455. The largest absolute Gasteiger partial charge is 0.456 e. The van der Waals surface area contributed by atoms with Crippen molar-refractivity contribution in [3.8, 4) is 0 Å². The Hall–Kier alpha value is -2.95. The van der Waals surface area contributed by atoms with Crippen LogP contribution in [0.4, 0.5) is 0 Å². The normalized spacial score (nSPS) is 10.2. The number of nitrogens with one attached hydrogen (secondary N) is 1. The summed E-state index contributed by atoms with van der Waals surface area (Å²) in [6.45, 7) is 1.69. The number of nitrogens with zero attached hydrogens (tertiary/aromatic N) is 1. The number of fused-ring (bicyclic) bond motifs is 1. The van der Waals surface area contributed by atoms with Gasteiger partial charge in [0.15, 0.2) is 18.2 Å². The van der Waals surface area contributed by atoms with Gasteiger partial charge in [-0.1, -0.05) is 7.43 Å². The highest BCUT2D eigenvalue weighted by molar-refractivity contribution is 5.98. The zero-order valence-electron chi connectivity index (χ0n) is 13.0. The van der Waals surface area contributed by atoms with E-state index in [-0.39, 0.29) is 25.8 Å². The van der Waals surface area contributed by atoms with Crippen molar-refractivity contribution in [3.63, 3.8) is 0 Å². The molecule has 0 saturated carbocycles. The van der Waals surface area contributed by atoms with Crippen molar-refractivity contribution in [2.45, 2.75) is 21.0 Å². The number of aryl methyl sites for hydroxylation is 1. The molecule has 2 aromatic heterocycles. The number of ether oxygens (including phenoxy) is 1. The van der Waals surface area contributed by atoms with E-state index in [0.717, 1.165) is 16.6 Å². The summed E-state index contributed by atoms with van der Waals surface area (Å²) in [7, 11) is 1.88. The predicted octanol–water partition coefficient (Wildman–Crippen LogP) is 3.19. The van der Waals surface area contributed by atoms with Gasteiger partial charge in [-0.05, 0) is 31.2 Å². The van der Waals surface area contributed by atoms with Gasteiger partial charge in [-0.2, -0.15) is 0 Å². The summed E-state index contributed by atoms with van der Waals surface area (Å²) < 4.78 is 7.16. The van der Waals surface area contributed by atoms with Gasteiger partial charge in [-0.25, -0.2) is 9.36 Å². The third kappa shape index (κ3) is 3.68. The van der Waals surface area contributed by atoms with Crippen LogP contribution in [0.3, 0.4) is 0 Å². The van der Waals surface area contributed by atoms with Crippen molar-refractivity contribution in [2.24, 2.45) is 7.05 Å².